The van der Waals surface area contributed by atoms with Crippen LogP contribution < -0.4 is 5.73 Å². The first-order valence-electron chi connectivity index (χ1n) is 4.29. The molecule has 0 aliphatic carbocycles. The van der Waals surface area contributed by atoms with Crippen LogP contribution in [0.5, 0.6) is 0 Å². The number of aliphatic hydroxyl groups excluding tert-OH is 1. The second-order valence-electron chi connectivity index (χ2n) is 2.88. The van der Waals surface area contributed by atoms with Gasteiger partial charge in [-0.1, -0.05) is 0 Å². The SMILES string of the molecule is Nc1cc(-c2ccco2)nn1CCO. The Bertz CT molecular complexity index is 406. The highest BCUT2D eigenvalue weighted by molar-refractivity contribution is 5.56. The van der Waals surface area contributed by atoms with E-state index in [1.807, 2.05) is 6.07 Å². The van der Waals surface area contributed by atoms with Gasteiger partial charge in [0.05, 0.1) is 19.4 Å². The first-order valence-corrected chi connectivity index (χ1v) is 4.29. The summed E-state index contributed by atoms with van der Waals surface area (Å²) in [6, 6.07) is 5.32. The first kappa shape index (κ1) is 8.83. The van der Waals surface area contributed by atoms with Crippen molar-refractivity contribution in [3.63, 3.8) is 0 Å². The lowest BCUT2D eigenvalue weighted by Gasteiger charge is -1.98. The average molecular weight is 193 g/mol. The minimum atomic E-state index is 0.0173. The van der Waals surface area contributed by atoms with E-state index in [1.165, 1.54) is 4.68 Å². The molecule has 14 heavy (non-hydrogen) atoms. The number of aliphatic hydroxyl groups is 1. The maximum atomic E-state index is 8.74. The number of aromatic nitrogens is 2. The van der Waals surface area contributed by atoms with Gasteiger partial charge in [0.1, 0.15) is 11.5 Å². The van der Waals surface area contributed by atoms with E-state index < -0.39 is 0 Å². The van der Waals surface area contributed by atoms with Gasteiger partial charge in [0.2, 0.25) is 0 Å². The van der Waals surface area contributed by atoms with Crippen molar-refractivity contribution in [1.82, 2.24) is 9.78 Å². The van der Waals surface area contributed by atoms with Gasteiger partial charge < -0.3 is 15.3 Å². The molecule has 2 rings (SSSR count). The molecular weight excluding hydrogens is 182 g/mol. The summed E-state index contributed by atoms with van der Waals surface area (Å²) in [5.41, 5.74) is 6.36. The third kappa shape index (κ3) is 1.49. The number of furan rings is 1. The predicted octanol–water partition coefficient (Wildman–Crippen LogP) is 0.718. The van der Waals surface area contributed by atoms with Gasteiger partial charge in [-0.05, 0) is 12.1 Å². The number of rotatable bonds is 3. The van der Waals surface area contributed by atoms with Crippen molar-refractivity contribution in [3.05, 3.63) is 24.5 Å². The average Bonchev–Trinajstić information content (AvgIpc) is 2.76. The number of hydrogen-bond acceptors (Lipinski definition) is 4. The van der Waals surface area contributed by atoms with Crippen LogP contribution >= 0.6 is 0 Å². The van der Waals surface area contributed by atoms with E-state index in [0.717, 1.165) is 0 Å². The maximum absolute atomic E-state index is 8.74. The molecule has 2 aromatic heterocycles. The molecule has 5 heteroatoms. The normalized spacial score (nSPS) is 10.6. The molecule has 0 aliphatic rings. The van der Waals surface area contributed by atoms with Crippen molar-refractivity contribution < 1.29 is 9.52 Å². The van der Waals surface area contributed by atoms with E-state index in [9.17, 15) is 0 Å². The van der Waals surface area contributed by atoms with E-state index >= 15 is 0 Å². The largest absolute Gasteiger partial charge is 0.463 e. The predicted molar refractivity (Wildman–Crippen MR) is 51.4 cm³/mol. The van der Waals surface area contributed by atoms with Crippen LogP contribution in [0.2, 0.25) is 0 Å². The highest BCUT2D eigenvalue weighted by Crippen LogP contribution is 2.20. The van der Waals surface area contributed by atoms with Crippen molar-refractivity contribution in [2.45, 2.75) is 6.54 Å². The van der Waals surface area contributed by atoms with Gasteiger partial charge in [-0.15, -0.1) is 0 Å². The Balaban J connectivity index is 2.33. The lowest BCUT2D eigenvalue weighted by atomic mass is 10.3. The number of hydrogen-bond donors (Lipinski definition) is 2. The topological polar surface area (TPSA) is 77.2 Å². The Kier molecular flexibility index (Phi) is 2.24. The summed E-state index contributed by atoms with van der Waals surface area (Å²) in [5, 5.41) is 12.9. The van der Waals surface area contributed by atoms with Gasteiger partial charge in [0, 0.05) is 6.07 Å². The molecule has 3 N–H and O–H groups in total. The molecule has 5 nitrogen and oxygen atoms in total. The smallest absolute Gasteiger partial charge is 0.154 e. The number of nitrogens with zero attached hydrogens (tertiary/aromatic N) is 2. The molecule has 0 bridgehead atoms. The summed E-state index contributed by atoms with van der Waals surface area (Å²) in [4.78, 5) is 0. The van der Waals surface area contributed by atoms with Crippen molar-refractivity contribution >= 4 is 5.82 Å². The lowest BCUT2D eigenvalue weighted by molar-refractivity contribution is 0.270. The van der Waals surface area contributed by atoms with Crippen molar-refractivity contribution in [1.29, 1.82) is 0 Å². The van der Waals surface area contributed by atoms with Crippen LogP contribution in [0.1, 0.15) is 0 Å². The highest BCUT2D eigenvalue weighted by atomic mass is 16.3. The summed E-state index contributed by atoms with van der Waals surface area (Å²) in [5.74, 6) is 1.19. The minimum absolute atomic E-state index is 0.0173. The maximum Gasteiger partial charge on any atom is 0.154 e. The molecule has 74 valence electrons. The molecule has 0 unspecified atom stereocenters. The quantitative estimate of drug-likeness (QED) is 0.752. The standard InChI is InChI=1S/C9H11N3O2/c10-9-6-7(8-2-1-5-14-8)11-12(9)3-4-13/h1-2,5-6,13H,3-4,10H2. The summed E-state index contributed by atoms with van der Waals surface area (Å²) >= 11 is 0. The Hall–Kier alpha value is -1.75. The van der Waals surface area contributed by atoms with Crippen LogP contribution in [-0.4, -0.2) is 21.5 Å². The third-order valence-corrected chi connectivity index (χ3v) is 1.90. The zero-order chi connectivity index (χ0) is 9.97. The molecule has 0 aromatic carbocycles. The second-order valence-corrected chi connectivity index (χ2v) is 2.88. The van der Waals surface area contributed by atoms with Crippen LogP contribution in [0, 0.1) is 0 Å². The van der Waals surface area contributed by atoms with E-state index in [4.69, 9.17) is 15.3 Å². The van der Waals surface area contributed by atoms with Crippen LogP contribution in [-0.2, 0) is 6.54 Å². The molecule has 0 saturated heterocycles. The van der Waals surface area contributed by atoms with Gasteiger partial charge in [0.15, 0.2) is 5.76 Å². The third-order valence-electron chi connectivity index (χ3n) is 1.90. The molecule has 0 spiro atoms. The Morgan fingerprint density at radius 2 is 2.43 bits per heavy atom. The van der Waals surface area contributed by atoms with Gasteiger partial charge in [-0.2, -0.15) is 5.10 Å². The van der Waals surface area contributed by atoms with Crippen LogP contribution in [0.3, 0.4) is 0 Å². The van der Waals surface area contributed by atoms with E-state index in [-0.39, 0.29) is 6.61 Å². The Morgan fingerprint density at radius 1 is 1.57 bits per heavy atom. The number of nitrogens with two attached hydrogens (primary N) is 1. The molecule has 0 fully saturated rings. The number of anilines is 1. The fourth-order valence-electron chi connectivity index (χ4n) is 1.25. The van der Waals surface area contributed by atoms with E-state index in [1.54, 1.807) is 18.4 Å². The van der Waals surface area contributed by atoms with Gasteiger partial charge in [-0.3, -0.25) is 0 Å². The first-order chi connectivity index (χ1) is 6.81. The van der Waals surface area contributed by atoms with Gasteiger partial charge >= 0.3 is 0 Å². The van der Waals surface area contributed by atoms with Crippen molar-refractivity contribution in [2.75, 3.05) is 12.3 Å². The monoisotopic (exact) mass is 193 g/mol. The highest BCUT2D eigenvalue weighted by Gasteiger charge is 2.08. The number of nitrogen functional groups attached to an aromatic ring is 1. The summed E-state index contributed by atoms with van der Waals surface area (Å²) < 4.78 is 6.71. The van der Waals surface area contributed by atoms with Gasteiger partial charge in [0.25, 0.3) is 0 Å². The molecule has 0 radical (unpaired) electrons. The van der Waals surface area contributed by atoms with Gasteiger partial charge in [-0.25, -0.2) is 4.68 Å². The van der Waals surface area contributed by atoms with Crippen molar-refractivity contribution in [2.24, 2.45) is 0 Å². The van der Waals surface area contributed by atoms with Crippen LogP contribution in [0.15, 0.2) is 28.9 Å². The molecule has 0 aliphatic heterocycles. The molecule has 0 amide bonds. The second kappa shape index (κ2) is 3.55. The fourth-order valence-corrected chi connectivity index (χ4v) is 1.25. The van der Waals surface area contributed by atoms with E-state index in [2.05, 4.69) is 5.10 Å². The zero-order valence-corrected chi connectivity index (χ0v) is 7.55. The zero-order valence-electron chi connectivity index (χ0n) is 7.55. The summed E-state index contributed by atoms with van der Waals surface area (Å²) in [6.07, 6.45) is 1.58. The van der Waals surface area contributed by atoms with Crippen LogP contribution in [0.4, 0.5) is 5.82 Å². The lowest BCUT2D eigenvalue weighted by Crippen LogP contribution is -2.07. The minimum Gasteiger partial charge on any atom is -0.463 e. The molecule has 2 heterocycles. The van der Waals surface area contributed by atoms with Crippen molar-refractivity contribution in [3.8, 4) is 11.5 Å². The Morgan fingerprint density at radius 3 is 3.07 bits per heavy atom. The molecular formula is C9H11N3O2. The molecule has 2 aromatic rings. The molecule has 0 atom stereocenters. The molecule has 0 saturated carbocycles. The fraction of sp³-hybridized carbons (Fsp3) is 0.222. The van der Waals surface area contributed by atoms with E-state index in [0.29, 0.717) is 23.8 Å². The Labute approximate surface area is 80.8 Å². The summed E-state index contributed by atoms with van der Waals surface area (Å²) in [6.45, 7) is 0.413. The summed E-state index contributed by atoms with van der Waals surface area (Å²) in [7, 11) is 0. The van der Waals surface area contributed by atoms with Crippen LogP contribution in [0.25, 0.3) is 11.5 Å².